The first-order chi connectivity index (χ1) is 9.56. The van der Waals surface area contributed by atoms with E-state index in [0.717, 1.165) is 38.9 Å². The summed E-state index contributed by atoms with van der Waals surface area (Å²) in [5, 5.41) is 19.0. The van der Waals surface area contributed by atoms with Gasteiger partial charge in [-0.15, -0.1) is 0 Å². The van der Waals surface area contributed by atoms with Crippen LogP contribution >= 0.6 is 0 Å². The molecule has 1 aliphatic rings. The molecule has 2 rings (SSSR count). The molecule has 1 atom stereocenters. The first-order valence-corrected chi connectivity index (χ1v) is 7.21. The van der Waals surface area contributed by atoms with Gasteiger partial charge in [-0.25, -0.2) is 4.68 Å². The molecule has 0 amide bonds. The summed E-state index contributed by atoms with van der Waals surface area (Å²) in [6, 6.07) is 0.303. The minimum atomic E-state index is -0.309. The zero-order valence-electron chi connectivity index (χ0n) is 12.4. The summed E-state index contributed by atoms with van der Waals surface area (Å²) in [4.78, 5) is 13.2. The third-order valence-electron chi connectivity index (χ3n) is 3.79. The van der Waals surface area contributed by atoms with Crippen molar-refractivity contribution in [2.75, 3.05) is 24.5 Å². The summed E-state index contributed by atoms with van der Waals surface area (Å²) in [6.45, 7) is 6.51. The molecule has 112 valence electrons. The van der Waals surface area contributed by atoms with Crippen LogP contribution in [0, 0.1) is 17.0 Å². The Bertz CT molecular complexity index is 479. The van der Waals surface area contributed by atoms with Crippen molar-refractivity contribution in [3.63, 3.8) is 0 Å². The van der Waals surface area contributed by atoms with Crippen molar-refractivity contribution in [2.24, 2.45) is 7.05 Å². The lowest BCUT2D eigenvalue weighted by Crippen LogP contribution is -2.47. The molecule has 1 aromatic heterocycles. The van der Waals surface area contributed by atoms with E-state index in [0.29, 0.717) is 17.6 Å². The second-order valence-corrected chi connectivity index (χ2v) is 5.33. The average Bonchev–Trinajstić information content (AvgIpc) is 2.71. The Labute approximate surface area is 119 Å². The van der Waals surface area contributed by atoms with Gasteiger partial charge in [0.05, 0.1) is 4.92 Å². The Kier molecular flexibility index (Phi) is 4.59. The van der Waals surface area contributed by atoms with Gasteiger partial charge in [0, 0.05) is 26.2 Å². The zero-order valence-corrected chi connectivity index (χ0v) is 12.4. The zero-order chi connectivity index (χ0) is 14.7. The smallest absolute Gasteiger partial charge is 0.333 e. The number of nitro groups is 1. The molecule has 2 heterocycles. The van der Waals surface area contributed by atoms with Gasteiger partial charge in [-0.05, 0) is 32.7 Å². The first kappa shape index (κ1) is 14.8. The van der Waals surface area contributed by atoms with E-state index in [4.69, 9.17) is 0 Å². The van der Waals surface area contributed by atoms with Gasteiger partial charge in [0.1, 0.15) is 5.69 Å². The quantitative estimate of drug-likeness (QED) is 0.655. The number of hydrogen-bond donors (Lipinski definition) is 1. The van der Waals surface area contributed by atoms with Crippen molar-refractivity contribution < 1.29 is 4.92 Å². The first-order valence-electron chi connectivity index (χ1n) is 7.21. The molecular weight excluding hydrogens is 258 g/mol. The molecular formula is C13H23N5O2. The highest BCUT2D eigenvalue weighted by atomic mass is 16.6. The van der Waals surface area contributed by atoms with Crippen molar-refractivity contribution in [1.29, 1.82) is 0 Å². The third kappa shape index (κ3) is 2.77. The van der Waals surface area contributed by atoms with E-state index in [-0.39, 0.29) is 10.6 Å². The molecule has 1 saturated heterocycles. The Morgan fingerprint density at radius 3 is 2.90 bits per heavy atom. The van der Waals surface area contributed by atoms with Gasteiger partial charge < -0.3 is 10.2 Å². The van der Waals surface area contributed by atoms with Crippen molar-refractivity contribution in [2.45, 2.75) is 39.2 Å². The summed E-state index contributed by atoms with van der Waals surface area (Å²) in [7, 11) is 1.79. The summed E-state index contributed by atoms with van der Waals surface area (Å²) in [6.07, 6.45) is 3.13. The molecule has 1 aliphatic heterocycles. The molecule has 1 fully saturated rings. The average molecular weight is 281 g/mol. The number of aromatic nitrogens is 2. The maximum Gasteiger partial charge on any atom is 0.333 e. The van der Waals surface area contributed by atoms with Crippen LogP contribution < -0.4 is 10.2 Å². The van der Waals surface area contributed by atoms with Gasteiger partial charge in [0.25, 0.3) is 0 Å². The SMILES string of the molecule is CCCN(c1c([N+](=O)[O-])c(C)nn1C)C1CCCNC1. The predicted octanol–water partition coefficient (Wildman–Crippen LogP) is 1.61. The maximum atomic E-state index is 11.4. The number of rotatable bonds is 5. The van der Waals surface area contributed by atoms with Crippen LogP contribution in [0.4, 0.5) is 11.5 Å². The van der Waals surface area contributed by atoms with E-state index in [1.54, 1.807) is 18.7 Å². The van der Waals surface area contributed by atoms with Gasteiger partial charge >= 0.3 is 5.69 Å². The Balaban J connectivity index is 2.40. The third-order valence-corrected chi connectivity index (χ3v) is 3.79. The maximum absolute atomic E-state index is 11.4. The Morgan fingerprint density at radius 1 is 1.60 bits per heavy atom. The highest BCUT2D eigenvalue weighted by Crippen LogP contribution is 2.33. The fourth-order valence-electron chi connectivity index (χ4n) is 2.97. The topological polar surface area (TPSA) is 76.2 Å². The number of aryl methyl sites for hydroxylation is 2. The molecule has 0 bridgehead atoms. The molecule has 0 aliphatic carbocycles. The van der Waals surface area contributed by atoms with Crippen LogP contribution in [0.2, 0.25) is 0 Å². The van der Waals surface area contributed by atoms with Gasteiger partial charge in [-0.3, -0.25) is 10.1 Å². The normalized spacial score (nSPS) is 19.1. The van der Waals surface area contributed by atoms with Gasteiger partial charge in [-0.1, -0.05) is 6.92 Å². The largest absolute Gasteiger partial charge is 0.347 e. The van der Waals surface area contributed by atoms with Crippen molar-refractivity contribution in [3.05, 3.63) is 15.8 Å². The molecule has 0 radical (unpaired) electrons. The van der Waals surface area contributed by atoms with Gasteiger partial charge in [0.15, 0.2) is 0 Å². The van der Waals surface area contributed by atoms with Crippen LogP contribution in [-0.4, -0.2) is 40.4 Å². The number of nitrogens with zero attached hydrogens (tertiary/aromatic N) is 4. The molecule has 0 saturated carbocycles. The molecule has 1 unspecified atom stereocenters. The van der Waals surface area contributed by atoms with E-state index < -0.39 is 0 Å². The summed E-state index contributed by atoms with van der Waals surface area (Å²) in [5.41, 5.74) is 0.629. The number of anilines is 1. The van der Waals surface area contributed by atoms with E-state index >= 15 is 0 Å². The van der Waals surface area contributed by atoms with Crippen molar-refractivity contribution >= 4 is 11.5 Å². The fraction of sp³-hybridized carbons (Fsp3) is 0.769. The highest BCUT2D eigenvalue weighted by Gasteiger charge is 2.32. The second kappa shape index (κ2) is 6.21. The van der Waals surface area contributed by atoms with Gasteiger partial charge in [0.2, 0.25) is 5.82 Å². The molecule has 0 aromatic carbocycles. The molecule has 20 heavy (non-hydrogen) atoms. The van der Waals surface area contributed by atoms with E-state index in [1.165, 1.54) is 0 Å². The van der Waals surface area contributed by atoms with Crippen LogP contribution in [0.25, 0.3) is 0 Å². The number of nitrogens with one attached hydrogen (secondary N) is 1. The monoisotopic (exact) mass is 281 g/mol. The van der Waals surface area contributed by atoms with E-state index in [2.05, 4.69) is 22.2 Å². The van der Waals surface area contributed by atoms with Crippen LogP contribution in [0.1, 0.15) is 31.9 Å². The fourth-order valence-corrected chi connectivity index (χ4v) is 2.97. The summed E-state index contributed by atoms with van der Waals surface area (Å²) >= 11 is 0. The molecule has 0 spiro atoms. The molecule has 7 heteroatoms. The van der Waals surface area contributed by atoms with E-state index in [9.17, 15) is 10.1 Å². The Morgan fingerprint density at radius 2 is 2.35 bits per heavy atom. The van der Waals surface area contributed by atoms with Crippen molar-refractivity contribution in [1.82, 2.24) is 15.1 Å². The molecule has 1 aromatic rings. The minimum absolute atomic E-state index is 0.145. The van der Waals surface area contributed by atoms with Crippen LogP contribution in [0.5, 0.6) is 0 Å². The van der Waals surface area contributed by atoms with Crippen molar-refractivity contribution in [3.8, 4) is 0 Å². The second-order valence-electron chi connectivity index (χ2n) is 5.33. The number of hydrogen-bond acceptors (Lipinski definition) is 5. The lowest BCUT2D eigenvalue weighted by Gasteiger charge is -2.35. The van der Waals surface area contributed by atoms with E-state index in [1.807, 2.05) is 0 Å². The molecule has 7 nitrogen and oxygen atoms in total. The van der Waals surface area contributed by atoms with Crippen LogP contribution in [0.3, 0.4) is 0 Å². The molecule has 1 N–H and O–H groups in total. The predicted molar refractivity (Wildman–Crippen MR) is 78.1 cm³/mol. The summed E-state index contributed by atoms with van der Waals surface area (Å²) in [5.74, 6) is 0.642. The lowest BCUT2D eigenvalue weighted by molar-refractivity contribution is -0.384. The highest BCUT2D eigenvalue weighted by molar-refractivity contribution is 5.62. The Hall–Kier alpha value is -1.63. The minimum Gasteiger partial charge on any atom is -0.347 e. The number of piperidine rings is 1. The standard InChI is InChI=1S/C13H23N5O2/c1-4-8-17(11-6-5-7-14-9-11)13-12(18(19)20)10(2)15-16(13)3/h11,14H,4-9H2,1-3H3. The van der Waals surface area contributed by atoms with Gasteiger partial charge in [-0.2, -0.15) is 5.10 Å². The lowest BCUT2D eigenvalue weighted by atomic mass is 10.1. The van der Waals surface area contributed by atoms with Crippen LogP contribution in [-0.2, 0) is 7.05 Å². The van der Waals surface area contributed by atoms with Crippen LogP contribution in [0.15, 0.2) is 0 Å². The summed E-state index contributed by atoms with van der Waals surface area (Å²) < 4.78 is 1.65.